The van der Waals surface area contributed by atoms with E-state index in [9.17, 15) is 4.79 Å². The van der Waals surface area contributed by atoms with Gasteiger partial charge in [0.2, 0.25) is 4.96 Å². The molecule has 0 radical (unpaired) electrons. The summed E-state index contributed by atoms with van der Waals surface area (Å²) in [4.78, 5) is 13.0. The summed E-state index contributed by atoms with van der Waals surface area (Å²) in [6.07, 6.45) is 0.785. The summed E-state index contributed by atoms with van der Waals surface area (Å²) >= 11 is 5.00. The Bertz CT molecular complexity index is 1210. The second-order valence-corrected chi connectivity index (χ2v) is 9.04. The first kappa shape index (κ1) is 21.5. The summed E-state index contributed by atoms with van der Waals surface area (Å²) in [5.41, 5.74) is 4.14. The van der Waals surface area contributed by atoms with Gasteiger partial charge >= 0.3 is 0 Å². The number of nitrogens with zero attached hydrogens (tertiary/aromatic N) is 4. The fourth-order valence-corrected chi connectivity index (χ4v) is 4.89. The second kappa shape index (κ2) is 9.15. The topological polar surface area (TPSA) is 81.4 Å². The average molecular weight is 500 g/mol. The zero-order valence-electron chi connectivity index (χ0n) is 17.5. The molecule has 0 bridgehead atoms. The van der Waals surface area contributed by atoms with Crippen molar-refractivity contribution in [1.82, 2.24) is 25.1 Å². The predicted molar refractivity (Wildman–Crippen MR) is 124 cm³/mol. The van der Waals surface area contributed by atoms with E-state index in [-0.39, 0.29) is 12.5 Å². The first-order valence-electron chi connectivity index (χ1n) is 9.91. The Morgan fingerprint density at radius 1 is 1.19 bits per heavy atom. The van der Waals surface area contributed by atoms with E-state index in [4.69, 9.17) is 4.74 Å². The molecule has 2 heterocycles. The van der Waals surface area contributed by atoms with E-state index >= 15 is 0 Å². The molecule has 0 saturated carbocycles. The maximum Gasteiger partial charge on any atom is 0.258 e. The Kier molecular flexibility index (Phi) is 6.33. The van der Waals surface area contributed by atoms with Gasteiger partial charge in [0.25, 0.3) is 5.91 Å². The van der Waals surface area contributed by atoms with Gasteiger partial charge in [-0.3, -0.25) is 4.79 Å². The van der Waals surface area contributed by atoms with Crippen LogP contribution in [-0.2, 0) is 17.8 Å². The van der Waals surface area contributed by atoms with Gasteiger partial charge in [-0.2, -0.15) is 9.61 Å². The van der Waals surface area contributed by atoms with Gasteiger partial charge in [0.1, 0.15) is 10.8 Å². The van der Waals surface area contributed by atoms with Crippen LogP contribution in [0.3, 0.4) is 0 Å². The predicted octanol–water partition coefficient (Wildman–Crippen LogP) is 4.49. The quantitative estimate of drug-likeness (QED) is 0.405. The summed E-state index contributed by atoms with van der Waals surface area (Å²) in [6, 6.07) is 12.0. The lowest BCUT2D eigenvalue weighted by Gasteiger charge is -2.12. The van der Waals surface area contributed by atoms with E-state index < -0.39 is 0 Å². The molecule has 0 aliphatic rings. The Labute approximate surface area is 192 Å². The number of halogens is 1. The molecule has 1 amide bonds. The van der Waals surface area contributed by atoms with Gasteiger partial charge in [0.05, 0.1) is 4.47 Å². The summed E-state index contributed by atoms with van der Waals surface area (Å²) < 4.78 is 8.36. The third-order valence-corrected chi connectivity index (χ3v) is 6.32. The summed E-state index contributed by atoms with van der Waals surface area (Å²) in [5, 5.41) is 16.7. The van der Waals surface area contributed by atoms with Crippen LogP contribution in [0.4, 0.5) is 0 Å². The number of hydrogen-bond donors (Lipinski definition) is 1. The summed E-state index contributed by atoms with van der Waals surface area (Å²) in [6.45, 7) is 6.41. The second-order valence-electron chi connectivity index (χ2n) is 7.23. The van der Waals surface area contributed by atoms with Crippen LogP contribution in [0.25, 0.3) is 15.5 Å². The number of fused-ring (bicyclic) bond motifs is 1. The summed E-state index contributed by atoms with van der Waals surface area (Å²) in [5.74, 6) is 1.38. The first-order chi connectivity index (χ1) is 14.9. The highest BCUT2D eigenvalue weighted by Crippen LogP contribution is 2.30. The van der Waals surface area contributed by atoms with E-state index in [1.807, 2.05) is 57.2 Å². The van der Waals surface area contributed by atoms with Gasteiger partial charge in [-0.1, -0.05) is 48.6 Å². The Morgan fingerprint density at radius 2 is 1.97 bits per heavy atom. The van der Waals surface area contributed by atoms with E-state index in [1.54, 1.807) is 4.52 Å². The zero-order chi connectivity index (χ0) is 22.0. The average Bonchev–Trinajstić information content (AvgIpc) is 3.32. The molecule has 4 rings (SSSR count). The minimum Gasteiger partial charge on any atom is -0.482 e. The molecule has 31 heavy (non-hydrogen) atoms. The van der Waals surface area contributed by atoms with Gasteiger partial charge in [-0.15, -0.1) is 10.2 Å². The van der Waals surface area contributed by atoms with Crippen molar-refractivity contribution in [2.45, 2.75) is 33.7 Å². The van der Waals surface area contributed by atoms with Gasteiger partial charge < -0.3 is 10.1 Å². The molecule has 7 nitrogen and oxygen atoms in total. The van der Waals surface area contributed by atoms with E-state index in [0.717, 1.165) is 48.9 Å². The van der Waals surface area contributed by atoms with Gasteiger partial charge in [0.15, 0.2) is 12.4 Å². The van der Waals surface area contributed by atoms with Crippen molar-refractivity contribution in [2.75, 3.05) is 6.61 Å². The fraction of sp³-hybridized carbons (Fsp3) is 0.273. The molecule has 0 aliphatic heterocycles. The Balaban J connectivity index is 1.33. The molecule has 1 N–H and O–H groups in total. The number of hydrogen-bond acceptors (Lipinski definition) is 6. The molecule has 2 aromatic carbocycles. The molecular weight excluding hydrogens is 478 g/mol. The molecule has 0 atom stereocenters. The largest absolute Gasteiger partial charge is 0.482 e. The number of aromatic nitrogens is 4. The molecule has 0 spiro atoms. The lowest BCUT2D eigenvalue weighted by Crippen LogP contribution is -2.28. The van der Waals surface area contributed by atoms with Crippen molar-refractivity contribution in [3.63, 3.8) is 0 Å². The number of benzene rings is 2. The normalized spacial score (nSPS) is 11.1. The number of aryl methyl sites for hydroxylation is 3. The molecule has 0 unspecified atom stereocenters. The van der Waals surface area contributed by atoms with Gasteiger partial charge in [0, 0.05) is 18.5 Å². The van der Waals surface area contributed by atoms with Crippen molar-refractivity contribution >= 4 is 38.1 Å². The monoisotopic (exact) mass is 499 g/mol. The molecule has 2 aromatic heterocycles. The van der Waals surface area contributed by atoms with Gasteiger partial charge in [-0.05, 0) is 52.5 Å². The van der Waals surface area contributed by atoms with Crippen LogP contribution in [0.5, 0.6) is 5.75 Å². The molecule has 9 heteroatoms. The van der Waals surface area contributed by atoms with Crippen LogP contribution < -0.4 is 10.1 Å². The maximum absolute atomic E-state index is 12.2. The van der Waals surface area contributed by atoms with E-state index in [0.29, 0.717) is 12.3 Å². The van der Waals surface area contributed by atoms with E-state index in [1.165, 1.54) is 11.3 Å². The highest BCUT2D eigenvalue weighted by Gasteiger charge is 2.12. The SMILES string of the molecule is CCc1nnc2sc(-c3ccc(CNC(=O)COc4c(C)cc(C)cc4Br)cc3)nn12. The maximum atomic E-state index is 12.2. The fourth-order valence-electron chi connectivity index (χ4n) is 3.23. The molecule has 160 valence electrons. The van der Waals surface area contributed by atoms with Crippen molar-refractivity contribution in [2.24, 2.45) is 0 Å². The number of nitrogens with one attached hydrogen (secondary N) is 1. The van der Waals surface area contributed by atoms with Crippen LogP contribution in [0, 0.1) is 13.8 Å². The van der Waals surface area contributed by atoms with Crippen molar-refractivity contribution < 1.29 is 9.53 Å². The van der Waals surface area contributed by atoms with E-state index in [2.05, 4.69) is 36.5 Å². The van der Waals surface area contributed by atoms with Gasteiger partial charge in [-0.25, -0.2) is 0 Å². The number of ether oxygens (including phenoxy) is 1. The zero-order valence-corrected chi connectivity index (χ0v) is 19.9. The highest BCUT2D eigenvalue weighted by molar-refractivity contribution is 9.10. The minimum atomic E-state index is -0.170. The molecular formula is C22H22BrN5O2S. The Hall–Kier alpha value is -2.78. The van der Waals surface area contributed by atoms with Crippen LogP contribution in [0.15, 0.2) is 40.9 Å². The minimum absolute atomic E-state index is 0.0344. The molecule has 0 saturated heterocycles. The number of amides is 1. The Morgan fingerprint density at radius 3 is 2.68 bits per heavy atom. The molecule has 0 fully saturated rings. The van der Waals surface area contributed by atoms with Crippen LogP contribution in [0.1, 0.15) is 29.4 Å². The third kappa shape index (κ3) is 4.77. The first-order valence-corrected chi connectivity index (χ1v) is 11.5. The molecule has 4 aromatic rings. The lowest BCUT2D eigenvalue weighted by atomic mass is 10.1. The number of rotatable bonds is 7. The number of carbonyl (C=O) groups excluding carboxylic acids is 1. The molecule has 0 aliphatic carbocycles. The third-order valence-electron chi connectivity index (χ3n) is 4.78. The highest BCUT2D eigenvalue weighted by atomic mass is 79.9. The summed E-state index contributed by atoms with van der Waals surface area (Å²) in [7, 11) is 0. The number of carbonyl (C=O) groups is 1. The van der Waals surface area contributed by atoms with Crippen LogP contribution in [-0.4, -0.2) is 32.3 Å². The lowest BCUT2D eigenvalue weighted by molar-refractivity contribution is -0.123. The smallest absolute Gasteiger partial charge is 0.258 e. The van der Waals surface area contributed by atoms with Crippen LogP contribution in [0.2, 0.25) is 0 Å². The standard InChI is InChI=1S/C22H22BrN5O2S/c1-4-18-25-26-22-28(18)27-21(31-22)16-7-5-15(6-8-16)11-24-19(29)12-30-20-14(3)9-13(2)10-17(20)23/h5-10H,4,11-12H2,1-3H3,(H,24,29). The van der Waals surface area contributed by atoms with Crippen molar-refractivity contribution in [3.8, 4) is 16.3 Å². The van der Waals surface area contributed by atoms with Crippen molar-refractivity contribution in [1.29, 1.82) is 0 Å². The van der Waals surface area contributed by atoms with Crippen LogP contribution >= 0.6 is 27.3 Å². The van der Waals surface area contributed by atoms with Crippen molar-refractivity contribution in [3.05, 3.63) is 63.4 Å².